The maximum atomic E-state index is 12.4. The summed E-state index contributed by atoms with van der Waals surface area (Å²) in [5, 5.41) is 10.3. The number of ketones is 1. The summed E-state index contributed by atoms with van der Waals surface area (Å²) >= 11 is 0. The van der Waals surface area contributed by atoms with Gasteiger partial charge >= 0.3 is 5.97 Å². The summed E-state index contributed by atoms with van der Waals surface area (Å²) in [6, 6.07) is 0. The minimum absolute atomic E-state index is 0.0405. The van der Waals surface area contributed by atoms with Crippen molar-refractivity contribution < 1.29 is 19.4 Å². The van der Waals surface area contributed by atoms with Gasteiger partial charge in [-0.1, -0.05) is 77.6 Å². The van der Waals surface area contributed by atoms with E-state index in [1.165, 1.54) is 51.4 Å². The average molecular weight is 365 g/mol. The van der Waals surface area contributed by atoms with Gasteiger partial charge in [0.05, 0.1) is 0 Å². The van der Waals surface area contributed by atoms with Crippen LogP contribution in [-0.2, 0) is 14.3 Å². The lowest BCUT2D eigenvalue weighted by Crippen LogP contribution is -2.33. The molecule has 0 aromatic rings. The second kappa shape index (κ2) is 11.4. The van der Waals surface area contributed by atoms with Crippen LogP contribution >= 0.6 is 0 Å². The first-order valence-electron chi connectivity index (χ1n) is 10.8. The molecule has 0 aromatic heterocycles. The van der Waals surface area contributed by atoms with Gasteiger partial charge in [0.15, 0.2) is 5.78 Å². The molecule has 0 spiro atoms. The number of aliphatic hydroxyl groups excluding tert-OH is 1. The highest BCUT2D eigenvalue weighted by atomic mass is 16.5. The highest BCUT2D eigenvalue weighted by molar-refractivity contribution is 6.19. The Balaban J connectivity index is 1.74. The molecule has 1 saturated heterocycles. The number of carbonyl (C=O) groups is 2. The summed E-state index contributed by atoms with van der Waals surface area (Å²) in [7, 11) is 0. The monoisotopic (exact) mass is 364 g/mol. The molecule has 1 aliphatic carbocycles. The molecule has 1 heterocycles. The third-order valence-corrected chi connectivity index (χ3v) is 5.79. The molecular formula is C22H36O4. The van der Waals surface area contributed by atoms with Crippen molar-refractivity contribution in [3.05, 3.63) is 11.3 Å². The van der Waals surface area contributed by atoms with Crippen LogP contribution in [0.4, 0.5) is 0 Å². The number of rotatable bonds is 10. The van der Waals surface area contributed by atoms with Crippen LogP contribution in [0.2, 0.25) is 0 Å². The molecule has 4 nitrogen and oxygen atoms in total. The summed E-state index contributed by atoms with van der Waals surface area (Å²) in [6.07, 6.45) is 15.3. The van der Waals surface area contributed by atoms with E-state index in [9.17, 15) is 14.7 Å². The molecule has 26 heavy (non-hydrogen) atoms. The maximum absolute atomic E-state index is 12.4. The molecule has 1 unspecified atom stereocenters. The van der Waals surface area contributed by atoms with Gasteiger partial charge in [0.25, 0.3) is 0 Å². The van der Waals surface area contributed by atoms with E-state index in [1.54, 1.807) is 0 Å². The Morgan fingerprint density at radius 1 is 1.00 bits per heavy atom. The fourth-order valence-electron chi connectivity index (χ4n) is 4.21. The lowest BCUT2D eigenvalue weighted by Gasteiger charge is -2.25. The molecule has 1 atom stereocenters. The number of cyclic esters (lactones) is 1. The minimum Gasteiger partial charge on any atom is -0.511 e. The number of ether oxygens (including phenoxy) is 1. The molecular weight excluding hydrogens is 328 g/mol. The molecule has 2 fully saturated rings. The molecule has 2 aliphatic rings. The van der Waals surface area contributed by atoms with Crippen LogP contribution in [0.1, 0.15) is 103 Å². The predicted octanol–water partition coefficient (Wildman–Crippen LogP) is 5.79. The molecule has 4 heteroatoms. The van der Waals surface area contributed by atoms with E-state index in [2.05, 4.69) is 6.92 Å². The number of Topliss-reactive ketones (excluding diaryl/α,β-unsaturated/α-hetero) is 1. The standard InChI is InChI=1S/C22H36O4/c1-2-3-4-5-6-7-11-14-18-16-20(24)21(22(25)26-18)19(23)15-17-12-9-8-10-13-17/h17-18,23H,2-16H2,1H3. The summed E-state index contributed by atoms with van der Waals surface area (Å²) in [4.78, 5) is 24.6. The second-order valence-corrected chi connectivity index (χ2v) is 8.09. The van der Waals surface area contributed by atoms with Crippen LogP contribution in [0.25, 0.3) is 0 Å². The summed E-state index contributed by atoms with van der Waals surface area (Å²) in [5.74, 6) is -0.492. The zero-order valence-corrected chi connectivity index (χ0v) is 16.4. The fourth-order valence-corrected chi connectivity index (χ4v) is 4.21. The van der Waals surface area contributed by atoms with Crippen molar-refractivity contribution >= 4 is 11.8 Å². The fraction of sp³-hybridized carbons (Fsp3) is 0.818. The third kappa shape index (κ3) is 6.77. The molecule has 2 rings (SSSR count). The van der Waals surface area contributed by atoms with Crippen LogP contribution in [0.5, 0.6) is 0 Å². The quantitative estimate of drug-likeness (QED) is 0.175. The van der Waals surface area contributed by atoms with Crippen molar-refractivity contribution in [2.24, 2.45) is 5.92 Å². The zero-order chi connectivity index (χ0) is 18.8. The van der Waals surface area contributed by atoms with E-state index in [0.29, 0.717) is 12.3 Å². The molecule has 0 amide bonds. The predicted molar refractivity (Wildman–Crippen MR) is 103 cm³/mol. The van der Waals surface area contributed by atoms with Gasteiger partial charge in [-0.25, -0.2) is 4.79 Å². The van der Waals surface area contributed by atoms with Gasteiger partial charge in [0.1, 0.15) is 17.4 Å². The van der Waals surface area contributed by atoms with Crippen LogP contribution in [0.3, 0.4) is 0 Å². The third-order valence-electron chi connectivity index (χ3n) is 5.79. The van der Waals surface area contributed by atoms with Gasteiger partial charge < -0.3 is 9.84 Å². The molecule has 1 aliphatic heterocycles. The largest absolute Gasteiger partial charge is 0.511 e. The minimum atomic E-state index is -0.609. The van der Waals surface area contributed by atoms with Crippen molar-refractivity contribution in [1.82, 2.24) is 0 Å². The van der Waals surface area contributed by atoms with Crippen molar-refractivity contribution in [3.8, 4) is 0 Å². The number of hydrogen-bond acceptors (Lipinski definition) is 4. The Hall–Kier alpha value is -1.32. The number of esters is 1. The maximum Gasteiger partial charge on any atom is 0.345 e. The van der Waals surface area contributed by atoms with E-state index in [1.807, 2.05) is 0 Å². The highest BCUT2D eigenvalue weighted by Crippen LogP contribution is 2.31. The number of aliphatic hydroxyl groups is 1. The van der Waals surface area contributed by atoms with Crippen molar-refractivity contribution in [3.63, 3.8) is 0 Å². The highest BCUT2D eigenvalue weighted by Gasteiger charge is 2.35. The smallest absolute Gasteiger partial charge is 0.345 e. The van der Waals surface area contributed by atoms with Crippen LogP contribution in [0.15, 0.2) is 11.3 Å². The SMILES string of the molecule is CCCCCCCCCC1CC(=O)C(=C(O)CC2CCCCC2)C(=O)O1. The van der Waals surface area contributed by atoms with Gasteiger partial charge in [0, 0.05) is 12.8 Å². The Labute approximate surface area is 158 Å². The first-order valence-corrected chi connectivity index (χ1v) is 10.8. The van der Waals surface area contributed by atoms with Gasteiger partial charge in [0.2, 0.25) is 0 Å². The first-order chi connectivity index (χ1) is 12.6. The van der Waals surface area contributed by atoms with Crippen LogP contribution in [0, 0.1) is 5.92 Å². The van der Waals surface area contributed by atoms with Gasteiger partial charge in [-0.15, -0.1) is 0 Å². The molecule has 0 bridgehead atoms. The van der Waals surface area contributed by atoms with E-state index >= 15 is 0 Å². The second-order valence-electron chi connectivity index (χ2n) is 8.09. The number of hydrogen-bond donors (Lipinski definition) is 1. The van der Waals surface area contributed by atoms with Crippen LogP contribution in [-0.4, -0.2) is 23.0 Å². The topological polar surface area (TPSA) is 63.6 Å². The number of unbranched alkanes of at least 4 members (excludes halogenated alkanes) is 6. The zero-order valence-electron chi connectivity index (χ0n) is 16.4. The van der Waals surface area contributed by atoms with Crippen molar-refractivity contribution in [2.45, 2.75) is 109 Å². The Morgan fingerprint density at radius 3 is 2.31 bits per heavy atom. The van der Waals surface area contributed by atoms with Crippen molar-refractivity contribution in [1.29, 1.82) is 0 Å². The van der Waals surface area contributed by atoms with Gasteiger partial charge in [-0.05, 0) is 18.8 Å². The summed E-state index contributed by atoms with van der Waals surface area (Å²) < 4.78 is 5.45. The Bertz CT molecular complexity index is 468. The van der Waals surface area contributed by atoms with Crippen molar-refractivity contribution in [2.75, 3.05) is 0 Å². The van der Waals surface area contributed by atoms with E-state index in [0.717, 1.165) is 32.1 Å². The summed E-state index contributed by atoms with van der Waals surface area (Å²) in [6.45, 7) is 2.21. The summed E-state index contributed by atoms with van der Waals surface area (Å²) in [5.41, 5.74) is -0.0774. The molecule has 0 radical (unpaired) electrons. The normalized spacial score (nSPS) is 23.8. The number of carbonyl (C=O) groups excluding carboxylic acids is 2. The average Bonchev–Trinajstić information content (AvgIpc) is 2.61. The van der Waals surface area contributed by atoms with E-state index < -0.39 is 5.97 Å². The van der Waals surface area contributed by atoms with E-state index in [4.69, 9.17) is 4.74 Å². The van der Waals surface area contributed by atoms with Crippen LogP contribution < -0.4 is 0 Å². The Kier molecular flexibility index (Phi) is 9.21. The lowest BCUT2D eigenvalue weighted by molar-refractivity contribution is -0.151. The number of allylic oxidation sites excluding steroid dienone is 1. The lowest BCUT2D eigenvalue weighted by atomic mass is 9.85. The molecule has 148 valence electrons. The molecule has 0 aromatic carbocycles. The molecule has 1 N–H and O–H groups in total. The Morgan fingerprint density at radius 2 is 1.65 bits per heavy atom. The van der Waals surface area contributed by atoms with E-state index in [-0.39, 0.29) is 29.6 Å². The first kappa shape index (κ1) is 21.0. The molecule has 1 saturated carbocycles. The van der Waals surface area contributed by atoms with Gasteiger partial charge in [-0.2, -0.15) is 0 Å². The van der Waals surface area contributed by atoms with Gasteiger partial charge in [-0.3, -0.25) is 4.79 Å².